The summed E-state index contributed by atoms with van der Waals surface area (Å²) in [4.78, 5) is 26.0. The van der Waals surface area contributed by atoms with Crippen LogP contribution in [-0.4, -0.2) is 28.3 Å². The van der Waals surface area contributed by atoms with Gasteiger partial charge in [-0.05, 0) is 55.7 Å². The topological polar surface area (TPSA) is 82.5 Å². The molecule has 2 aromatic heterocycles. The lowest BCUT2D eigenvalue weighted by molar-refractivity contribution is 0.0527. The second-order valence-corrected chi connectivity index (χ2v) is 8.79. The predicted octanol–water partition coefficient (Wildman–Crippen LogP) is 5.69. The lowest BCUT2D eigenvalue weighted by Gasteiger charge is -2.08. The second kappa shape index (κ2) is 10.4. The van der Waals surface area contributed by atoms with E-state index in [-0.39, 0.29) is 19.0 Å². The summed E-state index contributed by atoms with van der Waals surface area (Å²) < 4.78 is 12.5. The fraction of sp³-hybridized carbons (Fsp3) is 0.192. The van der Waals surface area contributed by atoms with E-state index < -0.39 is 11.9 Å². The van der Waals surface area contributed by atoms with E-state index in [1.54, 1.807) is 19.2 Å². The first-order valence-electron chi connectivity index (χ1n) is 10.9. The zero-order chi connectivity index (χ0) is 24.1. The van der Waals surface area contributed by atoms with Crippen molar-refractivity contribution in [1.82, 2.24) is 9.78 Å². The Hall–Kier alpha value is -3.91. The molecule has 0 saturated heterocycles. The third-order valence-electron chi connectivity index (χ3n) is 5.29. The van der Waals surface area contributed by atoms with Crippen molar-refractivity contribution in [2.24, 2.45) is 0 Å². The summed E-state index contributed by atoms with van der Waals surface area (Å²) in [5.41, 5.74) is 3.66. The van der Waals surface area contributed by atoms with E-state index in [4.69, 9.17) is 9.47 Å². The first-order valence-corrected chi connectivity index (χ1v) is 11.7. The van der Waals surface area contributed by atoms with Gasteiger partial charge in [-0.3, -0.25) is 4.79 Å². The number of aryl methyl sites for hydroxylation is 1. The van der Waals surface area contributed by atoms with Crippen molar-refractivity contribution in [1.29, 1.82) is 0 Å². The molecule has 4 aromatic rings. The monoisotopic (exact) mass is 475 g/mol. The highest BCUT2D eigenvalue weighted by molar-refractivity contribution is 7.16. The molecule has 2 aromatic carbocycles. The summed E-state index contributed by atoms with van der Waals surface area (Å²) >= 11 is 1.34. The van der Waals surface area contributed by atoms with Gasteiger partial charge in [0.05, 0.1) is 12.2 Å². The van der Waals surface area contributed by atoms with Crippen molar-refractivity contribution >= 4 is 28.2 Å². The summed E-state index contributed by atoms with van der Waals surface area (Å²) in [5, 5.41) is 7.55. The number of rotatable bonds is 8. The van der Waals surface area contributed by atoms with Gasteiger partial charge in [0, 0.05) is 11.1 Å². The molecule has 0 aliphatic carbocycles. The Morgan fingerprint density at radius 2 is 1.71 bits per heavy atom. The average molecular weight is 476 g/mol. The van der Waals surface area contributed by atoms with Gasteiger partial charge in [-0.1, -0.05) is 42.5 Å². The van der Waals surface area contributed by atoms with Crippen LogP contribution in [0.5, 0.6) is 5.75 Å². The second-order valence-electron chi connectivity index (χ2n) is 7.57. The molecule has 0 unspecified atom stereocenters. The van der Waals surface area contributed by atoms with E-state index in [1.165, 1.54) is 16.0 Å². The smallest absolute Gasteiger partial charge is 0.341 e. The van der Waals surface area contributed by atoms with Crippen LogP contribution in [0.1, 0.15) is 38.2 Å². The zero-order valence-corrected chi connectivity index (χ0v) is 20.0. The maximum atomic E-state index is 12.8. The molecule has 7 nitrogen and oxygen atoms in total. The van der Waals surface area contributed by atoms with Gasteiger partial charge < -0.3 is 14.8 Å². The number of amides is 1. The number of carbonyl (C=O) groups is 2. The maximum absolute atomic E-state index is 12.8. The minimum Gasteiger partial charge on any atom is -0.471 e. The average Bonchev–Trinajstić information content (AvgIpc) is 3.43. The van der Waals surface area contributed by atoms with Gasteiger partial charge in [0.1, 0.15) is 10.8 Å². The Kier molecular flexibility index (Phi) is 7.08. The molecule has 0 bridgehead atoms. The van der Waals surface area contributed by atoms with Crippen LogP contribution in [-0.2, 0) is 11.5 Å². The Balaban J connectivity index is 1.39. The molecule has 4 rings (SSSR count). The molecule has 1 amide bonds. The summed E-state index contributed by atoms with van der Waals surface area (Å²) in [6.45, 7) is 5.91. The molecule has 34 heavy (non-hydrogen) atoms. The van der Waals surface area contributed by atoms with Gasteiger partial charge in [0.25, 0.3) is 5.91 Å². The molecular formula is C26H25N3O4S. The predicted molar refractivity (Wildman–Crippen MR) is 132 cm³/mol. The number of esters is 1. The maximum Gasteiger partial charge on any atom is 0.341 e. The normalized spacial score (nSPS) is 10.7. The van der Waals surface area contributed by atoms with E-state index >= 15 is 0 Å². The first-order chi connectivity index (χ1) is 16.5. The number of carbonyl (C=O) groups excluding carboxylic acids is 2. The van der Waals surface area contributed by atoms with E-state index in [0.29, 0.717) is 16.3 Å². The van der Waals surface area contributed by atoms with Crippen LogP contribution in [0.2, 0.25) is 0 Å². The quantitative estimate of drug-likeness (QED) is 0.331. The largest absolute Gasteiger partial charge is 0.471 e. The van der Waals surface area contributed by atoms with Gasteiger partial charge in [-0.25, -0.2) is 9.48 Å². The number of anilines is 1. The van der Waals surface area contributed by atoms with Gasteiger partial charge >= 0.3 is 5.97 Å². The highest BCUT2D eigenvalue weighted by Gasteiger charge is 2.23. The number of nitrogens with one attached hydrogen (secondary N) is 1. The molecule has 0 atom stereocenters. The lowest BCUT2D eigenvalue weighted by atomic mass is 10.1. The molecule has 0 aliphatic heterocycles. The minimum atomic E-state index is -0.447. The molecular weight excluding hydrogens is 450 g/mol. The molecule has 0 radical (unpaired) electrons. The summed E-state index contributed by atoms with van der Waals surface area (Å²) in [6.07, 6.45) is 1.67. The zero-order valence-electron chi connectivity index (χ0n) is 19.2. The fourth-order valence-electron chi connectivity index (χ4n) is 3.40. The lowest BCUT2D eigenvalue weighted by Crippen LogP contribution is -2.16. The van der Waals surface area contributed by atoms with Crippen LogP contribution in [0.4, 0.5) is 5.00 Å². The van der Waals surface area contributed by atoms with Crippen molar-refractivity contribution < 1.29 is 19.1 Å². The molecule has 0 fully saturated rings. The van der Waals surface area contributed by atoms with Gasteiger partial charge in [-0.2, -0.15) is 5.10 Å². The third-order valence-corrected chi connectivity index (χ3v) is 6.41. The number of hydrogen-bond acceptors (Lipinski definition) is 6. The molecule has 8 heteroatoms. The minimum absolute atomic E-state index is 0.156. The summed E-state index contributed by atoms with van der Waals surface area (Å²) in [7, 11) is 0. The SMILES string of the molecule is CCOC(=O)c1c(NC(=O)c2ccn(COc3ccc(-c4ccccc4)cc3)n2)sc(C)c1C. The van der Waals surface area contributed by atoms with Crippen LogP contribution in [0.15, 0.2) is 66.9 Å². The standard InChI is InChI=1S/C26H25N3O4S/c1-4-32-26(31)23-17(2)18(3)34-25(23)27-24(30)22-14-15-29(28-22)16-33-21-12-10-20(11-13-21)19-8-6-5-7-9-19/h5-15H,4,16H2,1-3H3,(H,27,30). The van der Waals surface area contributed by atoms with E-state index in [2.05, 4.69) is 22.5 Å². The van der Waals surface area contributed by atoms with Crippen LogP contribution in [0.25, 0.3) is 11.1 Å². The fourth-order valence-corrected chi connectivity index (χ4v) is 4.44. The van der Waals surface area contributed by atoms with Crippen molar-refractivity contribution in [3.8, 4) is 16.9 Å². The Labute approximate surface area is 202 Å². The Bertz CT molecular complexity index is 1290. The van der Waals surface area contributed by atoms with Crippen molar-refractivity contribution in [3.05, 3.63) is 88.6 Å². The van der Waals surface area contributed by atoms with Crippen LogP contribution >= 0.6 is 11.3 Å². The van der Waals surface area contributed by atoms with Crippen molar-refractivity contribution in [3.63, 3.8) is 0 Å². The summed E-state index contributed by atoms with van der Waals surface area (Å²) in [5.74, 6) is -0.153. The highest BCUT2D eigenvalue weighted by Crippen LogP contribution is 2.33. The number of benzene rings is 2. The molecule has 1 N–H and O–H groups in total. The number of nitrogens with zero attached hydrogens (tertiary/aromatic N) is 2. The van der Waals surface area contributed by atoms with Crippen LogP contribution < -0.4 is 10.1 Å². The highest BCUT2D eigenvalue weighted by atomic mass is 32.1. The van der Waals surface area contributed by atoms with Crippen LogP contribution in [0, 0.1) is 13.8 Å². The van der Waals surface area contributed by atoms with E-state index in [0.717, 1.165) is 21.6 Å². The molecule has 0 spiro atoms. The Morgan fingerprint density at radius 1 is 1.00 bits per heavy atom. The van der Waals surface area contributed by atoms with E-state index in [9.17, 15) is 9.59 Å². The van der Waals surface area contributed by atoms with Crippen molar-refractivity contribution in [2.75, 3.05) is 11.9 Å². The van der Waals surface area contributed by atoms with E-state index in [1.807, 2.05) is 56.3 Å². The molecule has 0 aliphatic rings. The summed E-state index contributed by atoms with van der Waals surface area (Å²) in [6, 6.07) is 19.5. The van der Waals surface area contributed by atoms with Crippen LogP contribution in [0.3, 0.4) is 0 Å². The Morgan fingerprint density at radius 3 is 2.41 bits per heavy atom. The number of hydrogen-bond donors (Lipinski definition) is 1. The van der Waals surface area contributed by atoms with Gasteiger partial charge in [0.15, 0.2) is 12.4 Å². The number of thiophene rings is 1. The number of aromatic nitrogens is 2. The molecule has 2 heterocycles. The van der Waals surface area contributed by atoms with Crippen molar-refractivity contribution in [2.45, 2.75) is 27.5 Å². The molecule has 174 valence electrons. The number of ether oxygens (including phenoxy) is 2. The molecule has 0 saturated carbocycles. The van der Waals surface area contributed by atoms with Gasteiger partial charge in [-0.15, -0.1) is 11.3 Å². The van der Waals surface area contributed by atoms with Gasteiger partial charge in [0.2, 0.25) is 0 Å². The third kappa shape index (κ3) is 5.18. The first kappa shape index (κ1) is 23.3.